The number of non-ortho nitro benzene ring substituents is 1. The maximum Gasteiger partial charge on any atom is 0.326 e. The summed E-state index contributed by atoms with van der Waals surface area (Å²) in [6.45, 7) is 0. The largest absolute Gasteiger partial charge is 0.426 e. The van der Waals surface area contributed by atoms with Crippen LogP contribution in [0.15, 0.2) is 24.3 Å². The lowest BCUT2D eigenvalue weighted by molar-refractivity contribution is -0.384. The zero-order chi connectivity index (χ0) is 13.1. The van der Waals surface area contributed by atoms with Gasteiger partial charge in [-0.05, 0) is 12.1 Å². The van der Waals surface area contributed by atoms with Crippen molar-refractivity contribution in [2.45, 2.75) is 0 Å². The number of nitro groups is 1. The van der Waals surface area contributed by atoms with Gasteiger partial charge in [0.2, 0.25) is 0 Å². The highest BCUT2D eigenvalue weighted by atomic mass is 32.2. The minimum atomic E-state index is -3.45. The number of nitrogens with zero attached hydrogens (tertiary/aromatic N) is 1. The van der Waals surface area contributed by atoms with Crippen molar-refractivity contribution in [3.63, 3.8) is 0 Å². The number of hydrogen-bond acceptors (Lipinski definition) is 6. The lowest BCUT2D eigenvalue weighted by Gasteiger charge is -2.02. The quantitative estimate of drug-likeness (QED) is 0.338. The summed E-state index contributed by atoms with van der Waals surface area (Å²) in [5, 5.41) is 10.3. The first-order valence-electron chi connectivity index (χ1n) is 4.41. The lowest BCUT2D eigenvalue weighted by Crippen LogP contribution is -2.19. The highest BCUT2D eigenvalue weighted by Gasteiger charge is 2.13. The van der Waals surface area contributed by atoms with E-state index in [0.29, 0.717) is 0 Å². The predicted molar refractivity (Wildman–Crippen MR) is 58.4 cm³/mol. The Bertz CT molecular complexity index is 533. The molecule has 0 N–H and O–H groups in total. The fourth-order valence-electron chi connectivity index (χ4n) is 1.01. The fraction of sp³-hybridized carbons (Fsp3) is 0.222. The molecular weight excluding hydrogens is 250 g/mol. The SMILES string of the molecule is CS(=O)(=O)CC(=O)Oc1ccc([N+](=O)[O-])cc1. The molecule has 0 aliphatic rings. The molecule has 0 aromatic heterocycles. The van der Waals surface area contributed by atoms with Crippen molar-refractivity contribution in [3.05, 3.63) is 34.4 Å². The van der Waals surface area contributed by atoms with E-state index in [-0.39, 0.29) is 11.4 Å². The molecule has 0 bridgehead atoms. The molecule has 1 rings (SSSR count). The van der Waals surface area contributed by atoms with Crippen molar-refractivity contribution in [2.75, 3.05) is 12.0 Å². The van der Waals surface area contributed by atoms with E-state index in [1.54, 1.807) is 0 Å². The van der Waals surface area contributed by atoms with Crippen LogP contribution in [0, 0.1) is 10.1 Å². The van der Waals surface area contributed by atoms with E-state index in [1.165, 1.54) is 12.1 Å². The molecule has 0 aliphatic heterocycles. The zero-order valence-electron chi connectivity index (χ0n) is 8.82. The normalized spacial score (nSPS) is 10.9. The third-order valence-electron chi connectivity index (χ3n) is 1.66. The van der Waals surface area contributed by atoms with Gasteiger partial charge in [0.15, 0.2) is 9.84 Å². The van der Waals surface area contributed by atoms with Crippen molar-refractivity contribution in [1.82, 2.24) is 0 Å². The predicted octanol–water partition coefficient (Wildman–Crippen LogP) is 0.545. The third kappa shape index (κ3) is 4.60. The topological polar surface area (TPSA) is 104 Å². The maximum atomic E-state index is 11.1. The monoisotopic (exact) mass is 259 g/mol. The van der Waals surface area contributed by atoms with Crippen molar-refractivity contribution >= 4 is 21.5 Å². The van der Waals surface area contributed by atoms with Crippen LogP contribution in [-0.2, 0) is 14.6 Å². The van der Waals surface area contributed by atoms with Crippen LogP contribution >= 0.6 is 0 Å². The van der Waals surface area contributed by atoms with Gasteiger partial charge in [-0.3, -0.25) is 14.9 Å². The molecule has 17 heavy (non-hydrogen) atoms. The van der Waals surface area contributed by atoms with Crippen LogP contribution < -0.4 is 4.74 Å². The average molecular weight is 259 g/mol. The summed E-state index contributed by atoms with van der Waals surface area (Å²) in [7, 11) is -3.45. The minimum absolute atomic E-state index is 0.0595. The number of benzene rings is 1. The van der Waals surface area contributed by atoms with Crippen LogP contribution in [0.25, 0.3) is 0 Å². The van der Waals surface area contributed by atoms with E-state index in [9.17, 15) is 23.3 Å². The average Bonchev–Trinajstić information content (AvgIpc) is 2.15. The van der Waals surface area contributed by atoms with Gasteiger partial charge in [-0.2, -0.15) is 0 Å². The number of esters is 1. The summed E-state index contributed by atoms with van der Waals surface area (Å²) in [5.41, 5.74) is -0.145. The Kier molecular flexibility index (Phi) is 3.79. The van der Waals surface area contributed by atoms with Crippen LogP contribution in [0.1, 0.15) is 0 Å². The molecule has 0 unspecified atom stereocenters. The van der Waals surface area contributed by atoms with Gasteiger partial charge in [0.05, 0.1) is 4.92 Å². The molecule has 0 amide bonds. The second-order valence-electron chi connectivity index (χ2n) is 3.30. The molecule has 0 radical (unpaired) electrons. The Morgan fingerprint density at radius 1 is 1.35 bits per heavy atom. The van der Waals surface area contributed by atoms with Crippen LogP contribution in [0.2, 0.25) is 0 Å². The maximum absolute atomic E-state index is 11.1. The van der Waals surface area contributed by atoms with Gasteiger partial charge in [-0.15, -0.1) is 0 Å². The van der Waals surface area contributed by atoms with Crippen molar-refractivity contribution in [1.29, 1.82) is 0 Å². The minimum Gasteiger partial charge on any atom is -0.426 e. The van der Waals surface area contributed by atoms with Crippen LogP contribution in [0.4, 0.5) is 5.69 Å². The molecule has 0 atom stereocenters. The van der Waals surface area contributed by atoms with Gasteiger partial charge in [0, 0.05) is 18.4 Å². The van der Waals surface area contributed by atoms with E-state index in [2.05, 4.69) is 4.74 Å². The first-order chi connectivity index (χ1) is 7.78. The summed E-state index contributed by atoms with van der Waals surface area (Å²) < 4.78 is 26.3. The number of carbonyl (C=O) groups excluding carboxylic acids is 1. The van der Waals surface area contributed by atoms with E-state index in [4.69, 9.17) is 0 Å². The number of sulfone groups is 1. The van der Waals surface area contributed by atoms with Gasteiger partial charge in [-0.25, -0.2) is 8.42 Å². The fourth-order valence-corrected chi connectivity index (χ4v) is 1.50. The number of nitro benzene ring substituents is 1. The Labute approximate surface area is 97.1 Å². The van der Waals surface area contributed by atoms with Crippen molar-refractivity contribution in [2.24, 2.45) is 0 Å². The van der Waals surface area contributed by atoms with Gasteiger partial charge in [-0.1, -0.05) is 0 Å². The van der Waals surface area contributed by atoms with E-state index < -0.39 is 26.5 Å². The van der Waals surface area contributed by atoms with Crippen LogP contribution in [0.3, 0.4) is 0 Å². The molecule has 0 saturated carbocycles. The Morgan fingerprint density at radius 2 is 1.88 bits per heavy atom. The second-order valence-corrected chi connectivity index (χ2v) is 5.44. The highest BCUT2D eigenvalue weighted by Crippen LogP contribution is 2.17. The van der Waals surface area contributed by atoms with E-state index >= 15 is 0 Å². The number of rotatable bonds is 4. The molecule has 92 valence electrons. The molecule has 7 nitrogen and oxygen atoms in total. The van der Waals surface area contributed by atoms with E-state index in [0.717, 1.165) is 18.4 Å². The summed E-state index contributed by atoms with van der Waals surface area (Å²) in [5.74, 6) is -1.60. The number of hydrogen-bond donors (Lipinski definition) is 0. The zero-order valence-corrected chi connectivity index (χ0v) is 9.64. The summed E-state index contributed by atoms with van der Waals surface area (Å²) in [6.07, 6.45) is 0.907. The molecular formula is C9H9NO6S. The standard InChI is InChI=1S/C9H9NO6S/c1-17(14,15)6-9(11)16-8-4-2-7(3-5-8)10(12)13/h2-5H,6H2,1H3. The third-order valence-corrected chi connectivity index (χ3v) is 2.42. The smallest absolute Gasteiger partial charge is 0.326 e. The molecule has 8 heteroatoms. The molecule has 0 heterocycles. The Hall–Kier alpha value is -1.96. The Balaban J connectivity index is 2.70. The van der Waals surface area contributed by atoms with Gasteiger partial charge < -0.3 is 4.74 Å². The van der Waals surface area contributed by atoms with Crippen molar-refractivity contribution in [3.8, 4) is 5.75 Å². The van der Waals surface area contributed by atoms with Gasteiger partial charge in [0.1, 0.15) is 11.5 Å². The van der Waals surface area contributed by atoms with Crippen LogP contribution in [-0.4, -0.2) is 31.3 Å². The highest BCUT2D eigenvalue weighted by molar-refractivity contribution is 7.91. The molecule has 1 aromatic rings. The summed E-state index contributed by atoms with van der Waals surface area (Å²) >= 11 is 0. The van der Waals surface area contributed by atoms with Gasteiger partial charge >= 0.3 is 5.97 Å². The van der Waals surface area contributed by atoms with E-state index in [1.807, 2.05) is 0 Å². The molecule has 0 saturated heterocycles. The number of carbonyl (C=O) groups is 1. The van der Waals surface area contributed by atoms with Crippen LogP contribution in [0.5, 0.6) is 5.75 Å². The van der Waals surface area contributed by atoms with Crippen molar-refractivity contribution < 1.29 is 22.9 Å². The summed E-state index contributed by atoms with van der Waals surface area (Å²) in [4.78, 5) is 20.9. The lowest BCUT2D eigenvalue weighted by atomic mass is 10.3. The first-order valence-corrected chi connectivity index (χ1v) is 6.47. The molecule has 0 aliphatic carbocycles. The first kappa shape index (κ1) is 13.1. The Morgan fingerprint density at radius 3 is 2.29 bits per heavy atom. The number of ether oxygens (including phenoxy) is 1. The van der Waals surface area contributed by atoms with Gasteiger partial charge in [0.25, 0.3) is 5.69 Å². The molecule has 0 spiro atoms. The molecule has 1 aromatic carbocycles. The molecule has 0 fully saturated rings. The summed E-state index contributed by atoms with van der Waals surface area (Å²) in [6, 6.07) is 4.75. The second kappa shape index (κ2) is 4.91.